The van der Waals surface area contributed by atoms with Gasteiger partial charge in [0.1, 0.15) is 0 Å². The van der Waals surface area contributed by atoms with Gasteiger partial charge in [-0.05, 0) is 38.1 Å². The Kier molecular flexibility index (Phi) is 5.20. The Morgan fingerprint density at radius 3 is 2.64 bits per heavy atom. The summed E-state index contributed by atoms with van der Waals surface area (Å²) in [6.45, 7) is 7.25. The standard InChI is InChI=1S/C12H23NO/c1-3-10(2)13-8-11-6-4-5-7-12(11)9-14/h3,10-14H,1,4-9H2,2H3. The minimum absolute atomic E-state index is 0.356. The van der Waals surface area contributed by atoms with Crippen LogP contribution in [0.4, 0.5) is 0 Å². The topological polar surface area (TPSA) is 32.3 Å². The largest absolute Gasteiger partial charge is 0.396 e. The van der Waals surface area contributed by atoms with Crippen molar-refractivity contribution in [3.63, 3.8) is 0 Å². The van der Waals surface area contributed by atoms with Crippen LogP contribution in [0.1, 0.15) is 32.6 Å². The molecule has 2 heteroatoms. The molecule has 0 aromatic carbocycles. The van der Waals surface area contributed by atoms with Gasteiger partial charge in [0.15, 0.2) is 0 Å². The van der Waals surface area contributed by atoms with Gasteiger partial charge in [0.2, 0.25) is 0 Å². The molecule has 0 heterocycles. The molecule has 1 saturated carbocycles. The lowest BCUT2D eigenvalue weighted by molar-refractivity contribution is 0.132. The summed E-state index contributed by atoms with van der Waals surface area (Å²) in [5, 5.41) is 12.7. The lowest BCUT2D eigenvalue weighted by atomic mass is 9.79. The molecule has 0 aromatic heterocycles. The summed E-state index contributed by atoms with van der Waals surface area (Å²) in [7, 11) is 0. The molecule has 0 saturated heterocycles. The zero-order valence-electron chi connectivity index (χ0n) is 9.21. The highest BCUT2D eigenvalue weighted by Gasteiger charge is 2.24. The quantitative estimate of drug-likeness (QED) is 0.660. The van der Waals surface area contributed by atoms with Crippen molar-refractivity contribution in [2.45, 2.75) is 38.6 Å². The summed E-state index contributed by atoms with van der Waals surface area (Å²) in [6.07, 6.45) is 7.01. The van der Waals surface area contributed by atoms with Gasteiger partial charge < -0.3 is 10.4 Å². The lowest BCUT2D eigenvalue weighted by Crippen LogP contribution is -2.35. The van der Waals surface area contributed by atoms with Crippen LogP contribution in [0.3, 0.4) is 0 Å². The van der Waals surface area contributed by atoms with Gasteiger partial charge in [0.25, 0.3) is 0 Å². The highest BCUT2D eigenvalue weighted by atomic mass is 16.3. The molecule has 2 nitrogen and oxygen atoms in total. The smallest absolute Gasteiger partial charge is 0.0462 e. The van der Waals surface area contributed by atoms with Gasteiger partial charge >= 0.3 is 0 Å². The maximum atomic E-state index is 9.24. The number of hydrogen-bond donors (Lipinski definition) is 2. The van der Waals surface area contributed by atoms with Crippen LogP contribution >= 0.6 is 0 Å². The molecular formula is C12H23NO. The molecule has 0 amide bonds. The molecule has 1 aliphatic rings. The van der Waals surface area contributed by atoms with Crippen molar-refractivity contribution in [3.05, 3.63) is 12.7 Å². The molecule has 0 aliphatic heterocycles. The Hall–Kier alpha value is -0.340. The molecule has 0 spiro atoms. The SMILES string of the molecule is C=CC(C)NCC1CCCCC1CO. The van der Waals surface area contributed by atoms with Gasteiger partial charge in [-0.25, -0.2) is 0 Å². The van der Waals surface area contributed by atoms with Crippen LogP contribution < -0.4 is 5.32 Å². The van der Waals surface area contributed by atoms with Crippen molar-refractivity contribution in [3.8, 4) is 0 Å². The molecule has 1 aliphatic carbocycles. The zero-order chi connectivity index (χ0) is 10.4. The van der Waals surface area contributed by atoms with Crippen LogP contribution in [-0.4, -0.2) is 24.3 Å². The predicted molar refractivity (Wildman–Crippen MR) is 60.2 cm³/mol. The molecule has 1 fully saturated rings. The van der Waals surface area contributed by atoms with Gasteiger partial charge in [-0.3, -0.25) is 0 Å². The van der Waals surface area contributed by atoms with Crippen LogP contribution in [0.15, 0.2) is 12.7 Å². The van der Waals surface area contributed by atoms with Crippen molar-refractivity contribution < 1.29 is 5.11 Å². The lowest BCUT2D eigenvalue weighted by Gasteiger charge is -2.31. The van der Waals surface area contributed by atoms with Crippen molar-refractivity contribution >= 4 is 0 Å². The second-order valence-corrected chi connectivity index (χ2v) is 4.42. The van der Waals surface area contributed by atoms with E-state index in [2.05, 4.69) is 18.8 Å². The molecule has 0 bridgehead atoms. The van der Waals surface area contributed by atoms with E-state index in [1.807, 2.05) is 6.08 Å². The first-order chi connectivity index (χ1) is 6.77. The predicted octanol–water partition coefficient (Wildman–Crippen LogP) is 1.95. The maximum Gasteiger partial charge on any atom is 0.0462 e. The fourth-order valence-electron chi connectivity index (χ4n) is 2.21. The molecule has 2 N–H and O–H groups in total. The first-order valence-electron chi connectivity index (χ1n) is 5.74. The van der Waals surface area contributed by atoms with Gasteiger partial charge in [0, 0.05) is 12.6 Å². The Balaban J connectivity index is 2.29. The van der Waals surface area contributed by atoms with E-state index in [9.17, 15) is 5.11 Å². The van der Waals surface area contributed by atoms with E-state index in [4.69, 9.17) is 0 Å². The van der Waals surface area contributed by atoms with E-state index in [1.54, 1.807) is 0 Å². The van der Waals surface area contributed by atoms with Crippen molar-refractivity contribution in [2.24, 2.45) is 11.8 Å². The summed E-state index contributed by atoms with van der Waals surface area (Å²) < 4.78 is 0. The number of rotatable bonds is 5. The molecule has 3 atom stereocenters. The Labute approximate surface area is 87.4 Å². The van der Waals surface area contributed by atoms with Crippen molar-refractivity contribution in [1.29, 1.82) is 0 Å². The van der Waals surface area contributed by atoms with Crippen LogP contribution in [0.25, 0.3) is 0 Å². The fraction of sp³-hybridized carbons (Fsp3) is 0.833. The second kappa shape index (κ2) is 6.20. The van der Waals surface area contributed by atoms with Crippen molar-refractivity contribution in [2.75, 3.05) is 13.2 Å². The van der Waals surface area contributed by atoms with Crippen LogP contribution in [0.2, 0.25) is 0 Å². The molecule has 1 rings (SSSR count). The first-order valence-corrected chi connectivity index (χ1v) is 5.74. The molecule has 0 aromatic rings. The number of hydrogen-bond acceptors (Lipinski definition) is 2. The number of aliphatic hydroxyl groups is 1. The highest BCUT2D eigenvalue weighted by Crippen LogP contribution is 2.29. The Bertz CT molecular complexity index is 170. The molecular weight excluding hydrogens is 174 g/mol. The average molecular weight is 197 g/mol. The third-order valence-corrected chi connectivity index (χ3v) is 3.36. The molecule has 0 radical (unpaired) electrons. The first kappa shape index (κ1) is 11.7. The average Bonchev–Trinajstić information content (AvgIpc) is 2.26. The van der Waals surface area contributed by atoms with E-state index in [1.165, 1.54) is 25.7 Å². The zero-order valence-corrected chi connectivity index (χ0v) is 9.21. The van der Waals surface area contributed by atoms with Gasteiger partial charge in [0.05, 0.1) is 0 Å². The summed E-state index contributed by atoms with van der Waals surface area (Å²) in [5.74, 6) is 1.18. The van der Waals surface area contributed by atoms with Gasteiger partial charge in [-0.15, -0.1) is 6.58 Å². The highest BCUT2D eigenvalue weighted by molar-refractivity contribution is 4.84. The van der Waals surface area contributed by atoms with Crippen LogP contribution in [0.5, 0.6) is 0 Å². The Morgan fingerprint density at radius 1 is 1.43 bits per heavy atom. The van der Waals surface area contributed by atoms with E-state index in [0.717, 1.165) is 6.54 Å². The van der Waals surface area contributed by atoms with E-state index >= 15 is 0 Å². The normalized spacial score (nSPS) is 29.9. The molecule has 3 unspecified atom stereocenters. The van der Waals surface area contributed by atoms with E-state index in [0.29, 0.717) is 24.5 Å². The van der Waals surface area contributed by atoms with Crippen LogP contribution in [-0.2, 0) is 0 Å². The Morgan fingerprint density at radius 2 is 2.07 bits per heavy atom. The third-order valence-electron chi connectivity index (χ3n) is 3.36. The van der Waals surface area contributed by atoms with Gasteiger partial charge in [-0.2, -0.15) is 0 Å². The van der Waals surface area contributed by atoms with Crippen LogP contribution in [0, 0.1) is 11.8 Å². The van der Waals surface area contributed by atoms with Gasteiger partial charge in [-0.1, -0.05) is 18.9 Å². The summed E-state index contributed by atoms with van der Waals surface area (Å²) in [4.78, 5) is 0. The van der Waals surface area contributed by atoms with E-state index in [-0.39, 0.29) is 0 Å². The summed E-state index contributed by atoms with van der Waals surface area (Å²) in [6, 6.07) is 0.385. The molecule has 14 heavy (non-hydrogen) atoms. The second-order valence-electron chi connectivity index (χ2n) is 4.42. The summed E-state index contributed by atoms with van der Waals surface area (Å²) >= 11 is 0. The summed E-state index contributed by atoms with van der Waals surface area (Å²) in [5.41, 5.74) is 0. The number of aliphatic hydroxyl groups excluding tert-OH is 1. The molecule has 82 valence electrons. The minimum atomic E-state index is 0.356. The fourth-order valence-corrected chi connectivity index (χ4v) is 2.21. The maximum absolute atomic E-state index is 9.24. The number of nitrogens with one attached hydrogen (secondary N) is 1. The van der Waals surface area contributed by atoms with E-state index < -0.39 is 0 Å². The monoisotopic (exact) mass is 197 g/mol. The van der Waals surface area contributed by atoms with Crippen molar-refractivity contribution in [1.82, 2.24) is 5.32 Å². The third kappa shape index (κ3) is 3.43. The minimum Gasteiger partial charge on any atom is -0.396 e.